The Morgan fingerprint density at radius 1 is 1.03 bits per heavy atom. The van der Waals surface area contributed by atoms with E-state index < -0.39 is 16.1 Å². The molecule has 2 aliphatic rings. The molecule has 2 aliphatic heterocycles. The third-order valence-electron chi connectivity index (χ3n) is 5.78. The number of piperidine rings is 1. The number of nitrogens with one attached hydrogen (secondary N) is 2. The van der Waals surface area contributed by atoms with Crippen LogP contribution in [0.5, 0.6) is 5.75 Å². The summed E-state index contributed by atoms with van der Waals surface area (Å²) in [4.78, 5) is 14.7. The Bertz CT molecular complexity index is 1040. The Balaban J connectivity index is 1.64. The lowest BCUT2D eigenvalue weighted by molar-refractivity contribution is -0.124. The predicted molar refractivity (Wildman–Crippen MR) is 124 cm³/mol. The van der Waals surface area contributed by atoms with Gasteiger partial charge in [-0.15, -0.1) is 0 Å². The first kappa shape index (κ1) is 22.4. The molecule has 8 nitrogen and oxygen atoms in total. The first-order valence-electron chi connectivity index (χ1n) is 10.9. The van der Waals surface area contributed by atoms with Crippen molar-refractivity contribution in [2.45, 2.75) is 43.1 Å². The van der Waals surface area contributed by atoms with Gasteiger partial charge in [0.1, 0.15) is 16.7 Å². The first-order chi connectivity index (χ1) is 15.5. The van der Waals surface area contributed by atoms with Gasteiger partial charge in [-0.3, -0.25) is 9.52 Å². The molecule has 2 aromatic rings. The number of methoxy groups -OCH3 is 1. The van der Waals surface area contributed by atoms with Gasteiger partial charge in [-0.25, -0.2) is 8.42 Å². The quantitative estimate of drug-likeness (QED) is 0.657. The van der Waals surface area contributed by atoms with Crippen LogP contribution in [0.25, 0.3) is 0 Å². The van der Waals surface area contributed by atoms with Gasteiger partial charge in [0.25, 0.3) is 15.9 Å². The van der Waals surface area contributed by atoms with Crippen LogP contribution >= 0.6 is 0 Å². The second-order valence-corrected chi connectivity index (χ2v) is 9.71. The maximum absolute atomic E-state index is 13.4. The third kappa shape index (κ3) is 5.16. The summed E-state index contributed by atoms with van der Waals surface area (Å²) in [7, 11) is -2.35. The molecule has 2 aromatic carbocycles. The van der Waals surface area contributed by atoms with Gasteiger partial charge < -0.3 is 19.7 Å². The fraction of sp³-hybridized carbons (Fsp3) is 0.435. The van der Waals surface area contributed by atoms with Gasteiger partial charge in [-0.2, -0.15) is 0 Å². The van der Waals surface area contributed by atoms with E-state index in [9.17, 15) is 13.2 Å². The predicted octanol–water partition coefficient (Wildman–Crippen LogP) is 3.60. The fourth-order valence-corrected chi connectivity index (χ4v) is 5.39. The molecule has 0 unspecified atom stereocenters. The number of sulfonamides is 1. The number of carbonyl (C=O) groups is 1. The highest BCUT2D eigenvalue weighted by atomic mass is 32.2. The summed E-state index contributed by atoms with van der Waals surface area (Å²) in [5.41, 5.74) is 1.51. The van der Waals surface area contributed by atoms with E-state index in [0.29, 0.717) is 35.8 Å². The Hall–Kier alpha value is -2.78. The van der Waals surface area contributed by atoms with Gasteiger partial charge >= 0.3 is 0 Å². The van der Waals surface area contributed by atoms with Crippen LogP contribution in [0.15, 0.2) is 47.4 Å². The molecule has 32 heavy (non-hydrogen) atoms. The van der Waals surface area contributed by atoms with Crippen molar-refractivity contribution < 1.29 is 22.7 Å². The van der Waals surface area contributed by atoms with Crippen LogP contribution in [0.1, 0.15) is 32.1 Å². The molecule has 9 heteroatoms. The number of benzene rings is 2. The minimum absolute atomic E-state index is 0.139. The van der Waals surface area contributed by atoms with E-state index in [1.807, 2.05) is 0 Å². The van der Waals surface area contributed by atoms with Crippen molar-refractivity contribution in [2.24, 2.45) is 0 Å². The minimum atomic E-state index is -3.91. The molecule has 0 spiro atoms. The molecule has 1 atom stereocenters. The molecule has 0 aromatic heterocycles. The largest absolute Gasteiger partial charge is 0.497 e. The highest BCUT2D eigenvalue weighted by molar-refractivity contribution is 7.92. The summed E-state index contributed by atoms with van der Waals surface area (Å²) in [5, 5.41) is 2.81. The average Bonchev–Trinajstić information content (AvgIpc) is 3.35. The molecule has 2 heterocycles. The summed E-state index contributed by atoms with van der Waals surface area (Å²) in [6.45, 7) is 2.16. The van der Waals surface area contributed by atoms with Crippen LogP contribution in [-0.4, -0.2) is 47.2 Å². The molecule has 0 radical (unpaired) electrons. The zero-order chi connectivity index (χ0) is 22.6. The summed E-state index contributed by atoms with van der Waals surface area (Å²) >= 11 is 0. The first-order valence-corrected chi connectivity index (χ1v) is 12.4. The normalized spacial score (nSPS) is 18.9. The number of carbonyl (C=O) groups excluding carboxylic acids is 1. The topological polar surface area (TPSA) is 97.0 Å². The summed E-state index contributed by atoms with van der Waals surface area (Å²) in [5.74, 6) is 0.389. The molecule has 0 aliphatic carbocycles. The lowest BCUT2D eigenvalue weighted by Gasteiger charge is -2.30. The number of ether oxygens (including phenoxy) is 2. The van der Waals surface area contributed by atoms with E-state index in [1.165, 1.54) is 6.07 Å². The second kappa shape index (κ2) is 9.79. The van der Waals surface area contributed by atoms with Crippen molar-refractivity contribution in [3.05, 3.63) is 42.5 Å². The summed E-state index contributed by atoms with van der Waals surface area (Å²) in [6, 6.07) is 11.8. The lowest BCUT2D eigenvalue weighted by atomic mass is 10.1. The molecule has 2 fully saturated rings. The van der Waals surface area contributed by atoms with Gasteiger partial charge in [0.15, 0.2) is 0 Å². The monoisotopic (exact) mass is 459 g/mol. The molecule has 2 saturated heterocycles. The minimum Gasteiger partial charge on any atom is -0.497 e. The SMILES string of the molecule is COc1ccc(NS(=O)(=O)c2cc(NC(=O)[C@H]3CCCO3)ccc2N2CCCCC2)cc1. The van der Waals surface area contributed by atoms with Crippen LogP contribution < -0.4 is 19.7 Å². The summed E-state index contributed by atoms with van der Waals surface area (Å²) < 4.78 is 40.1. The Morgan fingerprint density at radius 3 is 2.41 bits per heavy atom. The number of anilines is 3. The van der Waals surface area contributed by atoms with Crippen molar-refractivity contribution in [2.75, 3.05) is 41.7 Å². The van der Waals surface area contributed by atoms with E-state index in [-0.39, 0.29) is 10.8 Å². The molecular weight excluding hydrogens is 430 g/mol. The molecule has 0 saturated carbocycles. The average molecular weight is 460 g/mol. The second-order valence-electron chi connectivity index (χ2n) is 8.06. The molecule has 2 N–H and O–H groups in total. The fourth-order valence-electron chi connectivity index (χ4n) is 4.08. The molecule has 172 valence electrons. The summed E-state index contributed by atoms with van der Waals surface area (Å²) in [6.07, 6.45) is 4.19. The molecule has 1 amide bonds. The zero-order valence-corrected chi connectivity index (χ0v) is 19.0. The molecule has 0 bridgehead atoms. The van der Waals surface area contributed by atoms with E-state index in [0.717, 1.165) is 38.8 Å². The third-order valence-corrected chi connectivity index (χ3v) is 7.19. The van der Waals surface area contributed by atoms with Crippen molar-refractivity contribution in [1.82, 2.24) is 0 Å². The highest BCUT2D eigenvalue weighted by Crippen LogP contribution is 2.32. The van der Waals surface area contributed by atoms with Crippen LogP contribution in [0.2, 0.25) is 0 Å². The van der Waals surface area contributed by atoms with Crippen LogP contribution in [-0.2, 0) is 19.6 Å². The van der Waals surface area contributed by atoms with Crippen molar-refractivity contribution in [3.63, 3.8) is 0 Å². The Morgan fingerprint density at radius 2 is 1.75 bits per heavy atom. The zero-order valence-electron chi connectivity index (χ0n) is 18.2. The van der Waals surface area contributed by atoms with Crippen molar-refractivity contribution >= 4 is 33.0 Å². The Labute approximate surface area is 189 Å². The van der Waals surface area contributed by atoms with E-state index in [1.54, 1.807) is 43.5 Å². The van der Waals surface area contributed by atoms with Gasteiger partial charge in [-0.1, -0.05) is 0 Å². The van der Waals surface area contributed by atoms with Crippen LogP contribution in [0.4, 0.5) is 17.1 Å². The van der Waals surface area contributed by atoms with Gasteiger partial charge in [0, 0.05) is 31.1 Å². The van der Waals surface area contributed by atoms with Gasteiger partial charge in [0.2, 0.25) is 0 Å². The Kier molecular flexibility index (Phi) is 6.86. The molecular formula is C23H29N3O5S. The maximum atomic E-state index is 13.4. The standard InChI is InChI=1S/C23H29N3O5S/c1-30-19-10-7-17(8-11-19)25-32(28,29)22-16-18(24-23(27)21-6-5-15-31-21)9-12-20(22)26-13-3-2-4-14-26/h7-12,16,21,25H,2-6,13-15H2,1H3,(H,24,27)/t21-/m1/s1. The highest BCUT2D eigenvalue weighted by Gasteiger charge is 2.27. The van der Waals surface area contributed by atoms with Crippen LogP contribution in [0.3, 0.4) is 0 Å². The maximum Gasteiger partial charge on any atom is 0.264 e. The number of amides is 1. The lowest BCUT2D eigenvalue weighted by Crippen LogP contribution is -2.31. The number of nitrogens with zero attached hydrogens (tertiary/aromatic N) is 1. The number of hydrogen-bond donors (Lipinski definition) is 2. The number of hydrogen-bond acceptors (Lipinski definition) is 6. The number of rotatable bonds is 7. The van der Waals surface area contributed by atoms with Gasteiger partial charge in [0.05, 0.1) is 12.8 Å². The van der Waals surface area contributed by atoms with E-state index in [4.69, 9.17) is 9.47 Å². The van der Waals surface area contributed by atoms with Crippen molar-refractivity contribution in [1.29, 1.82) is 0 Å². The van der Waals surface area contributed by atoms with Crippen LogP contribution in [0, 0.1) is 0 Å². The van der Waals surface area contributed by atoms with Crippen molar-refractivity contribution in [3.8, 4) is 5.75 Å². The molecule has 4 rings (SSSR count). The van der Waals surface area contributed by atoms with E-state index in [2.05, 4.69) is 14.9 Å². The smallest absolute Gasteiger partial charge is 0.264 e. The van der Waals surface area contributed by atoms with Gasteiger partial charge in [-0.05, 0) is 74.6 Å². The van der Waals surface area contributed by atoms with E-state index >= 15 is 0 Å².